The first-order valence-electron chi connectivity index (χ1n) is 8.71. The minimum absolute atomic E-state index is 0.127. The molecule has 1 rings (SSSR count). The molecule has 1 aliphatic rings. The molecule has 0 unspecified atom stereocenters. The molecule has 1 heterocycles. The van der Waals surface area contributed by atoms with Gasteiger partial charge in [0.15, 0.2) is 0 Å². The van der Waals surface area contributed by atoms with E-state index in [0.717, 1.165) is 45.6 Å². The number of hydrogen-bond acceptors (Lipinski definition) is 3. The topological polar surface area (TPSA) is 66.6 Å². The minimum atomic E-state index is -0.330. The van der Waals surface area contributed by atoms with E-state index in [1.165, 1.54) is 0 Å². The number of amides is 2. The molecule has 0 spiro atoms. The molecule has 1 fully saturated rings. The lowest BCUT2D eigenvalue weighted by atomic mass is 9.81. The fourth-order valence-corrected chi connectivity index (χ4v) is 3.32. The van der Waals surface area contributed by atoms with Crippen molar-refractivity contribution in [3.8, 4) is 0 Å². The molecule has 0 saturated carbocycles. The summed E-state index contributed by atoms with van der Waals surface area (Å²) in [5.41, 5.74) is 5.59. The average Bonchev–Trinajstić information content (AvgIpc) is 2.49. The first-order valence-corrected chi connectivity index (χ1v) is 8.71. The average molecular weight is 311 g/mol. The van der Waals surface area contributed by atoms with Gasteiger partial charge < -0.3 is 15.5 Å². The van der Waals surface area contributed by atoms with Crippen LogP contribution in [0, 0.1) is 17.8 Å². The van der Waals surface area contributed by atoms with Gasteiger partial charge in [0.05, 0.1) is 0 Å². The van der Waals surface area contributed by atoms with Crippen molar-refractivity contribution in [2.75, 3.05) is 32.7 Å². The van der Waals surface area contributed by atoms with E-state index in [2.05, 4.69) is 25.7 Å². The molecule has 1 saturated heterocycles. The van der Waals surface area contributed by atoms with Crippen LogP contribution in [0.2, 0.25) is 0 Å². The van der Waals surface area contributed by atoms with Crippen molar-refractivity contribution in [2.45, 2.75) is 47.0 Å². The third kappa shape index (κ3) is 5.27. The first-order chi connectivity index (χ1) is 10.4. The molecule has 0 aliphatic carbocycles. The Bertz CT molecular complexity index is 363. The van der Waals surface area contributed by atoms with Crippen LogP contribution in [0.4, 0.5) is 0 Å². The fourth-order valence-electron chi connectivity index (χ4n) is 3.32. The Morgan fingerprint density at radius 3 is 2.05 bits per heavy atom. The summed E-state index contributed by atoms with van der Waals surface area (Å²) in [5.74, 6) is -0.408. The van der Waals surface area contributed by atoms with Crippen LogP contribution in [0.25, 0.3) is 0 Å². The molecular formula is C17H33N3O2. The van der Waals surface area contributed by atoms with Crippen LogP contribution in [0.15, 0.2) is 0 Å². The van der Waals surface area contributed by atoms with Gasteiger partial charge in [-0.25, -0.2) is 0 Å². The second-order valence-corrected chi connectivity index (χ2v) is 6.79. The first kappa shape index (κ1) is 18.9. The van der Waals surface area contributed by atoms with Gasteiger partial charge in [0, 0.05) is 38.0 Å². The Balaban J connectivity index is 2.81. The SMILES string of the molecule is CCC[C@H](C(N)=O)[C@@H](CC(C)C)C(=O)N1CCN(CC)CC1. The Morgan fingerprint density at radius 2 is 1.64 bits per heavy atom. The number of carbonyl (C=O) groups excluding carboxylic acids is 2. The quantitative estimate of drug-likeness (QED) is 0.742. The number of nitrogens with zero attached hydrogens (tertiary/aromatic N) is 2. The van der Waals surface area contributed by atoms with Gasteiger partial charge in [-0.1, -0.05) is 34.1 Å². The highest BCUT2D eigenvalue weighted by Crippen LogP contribution is 2.27. The normalized spacial score (nSPS) is 19.2. The fraction of sp³-hybridized carbons (Fsp3) is 0.882. The summed E-state index contributed by atoms with van der Waals surface area (Å²) in [6, 6.07) is 0. The zero-order valence-corrected chi connectivity index (χ0v) is 14.7. The van der Waals surface area contributed by atoms with Crippen LogP contribution < -0.4 is 5.73 Å². The van der Waals surface area contributed by atoms with Gasteiger partial charge in [-0.3, -0.25) is 9.59 Å². The monoisotopic (exact) mass is 311 g/mol. The molecular weight excluding hydrogens is 278 g/mol. The second kappa shape index (κ2) is 9.13. The lowest BCUT2D eigenvalue weighted by Gasteiger charge is -2.37. The van der Waals surface area contributed by atoms with Gasteiger partial charge in [-0.2, -0.15) is 0 Å². The van der Waals surface area contributed by atoms with E-state index in [-0.39, 0.29) is 23.7 Å². The van der Waals surface area contributed by atoms with Crippen molar-refractivity contribution in [3.05, 3.63) is 0 Å². The summed E-state index contributed by atoms with van der Waals surface area (Å²) in [5, 5.41) is 0. The van der Waals surface area contributed by atoms with Crippen molar-refractivity contribution < 1.29 is 9.59 Å². The van der Waals surface area contributed by atoms with Crippen LogP contribution >= 0.6 is 0 Å². The summed E-state index contributed by atoms with van der Waals surface area (Å²) in [6.45, 7) is 12.8. The predicted molar refractivity (Wildman–Crippen MR) is 89.2 cm³/mol. The number of nitrogens with two attached hydrogens (primary N) is 1. The Morgan fingerprint density at radius 1 is 1.05 bits per heavy atom. The van der Waals surface area contributed by atoms with E-state index in [4.69, 9.17) is 5.73 Å². The molecule has 0 aromatic heterocycles. The zero-order chi connectivity index (χ0) is 16.7. The number of carbonyl (C=O) groups is 2. The minimum Gasteiger partial charge on any atom is -0.369 e. The highest BCUT2D eigenvalue weighted by molar-refractivity contribution is 5.87. The lowest BCUT2D eigenvalue weighted by molar-refractivity contribution is -0.143. The summed E-state index contributed by atoms with van der Waals surface area (Å²) < 4.78 is 0. The van der Waals surface area contributed by atoms with Crippen molar-refractivity contribution in [1.29, 1.82) is 0 Å². The van der Waals surface area contributed by atoms with E-state index >= 15 is 0 Å². The van der Waals surface area contributed by atoms with E-state index in [1.54, 1.807) is 0 Å². The summed E-state index contributed by atoms with van der Waals surface area (Å²) >= 11 is 0. The maximum Gasteiger partial charge on any atom is 0.226 e. The van der Waals surface area contributed by atoms with Crippen LogP contribution in [0.1, 0.15) is 47.0 Å². The molecule has 1 aliphatic heterocycles. The van der Waals surface area contributed by atoms with E-state index < -0.39 is 0 Å². The van der Waals surface area contributed by atoms with Crippen LogP contribution in [-0.4, -0.2) is 54.3 Å². The third-order valence-electron chi connectivity index (χ3n) is 4.62. The molecule has 0 radical (unpaired) electrons. The van der Waals surface area contributed by atoms with E-state index in [1.807, 2.05) is 11.8 Å². The number of hydrogen-bond donors (Lipinski definition) is 1. The smallest absolute Gasteiger partial charge is 0.226 e. The summed E-state index contributed by atoms with van der Waals surface area (Å²) in [7, 11) is 0. The highest BCUT2D eigenvalue weighted by atomic mass is 16.2. The summed E-state index contributed by atoms with van der Waals surface area (Å²) in [4.78, 5) is 29.1. The molecule has 2 amide bonds. The third-order valence-corrected chi connectivity index (χ3v) is 4.62. The van der Waals surface area contributed by atoms with Crippen molar-refractivity contribution in [3.63, 3.8) is 0 Å². The number of likely N-dealkylation sites (N-methyl/N-ethyl adjacent to an activating group) is 1. The Hall–Kier alpha value is -1.10. The number of piperazine rings is 1. The van der Waals surface area contributed by atoms with Gasteiger partial charge >= 0.3 is 0 Å². The van der Waals surface area contributed by atoms with Crippen molar-refractivity contribution >= 4 is 11.8 Å². The van der Waals surface area contributed by atoms with Gasteiger partial charge in [-0.15, -0.1) is 0 Å². The molecule has 22 heavy (non-hydrogen) atoms. The second-order valence-electron chi connectivity index (χ2n) is 6.79. The summed E-state index contributed by atoms with van der Waals surface area (Å²) in [6.07, 6.45) is 2.31. The molecule has 0 bridgehead atoms. The predicted octanol–water partition coefficient (Wildman–Crippen LogP) is 1.71. The Kier molecular flexibility index (Phi) is 7.87. The van der Waals surface area contributed by atoms with Crippen molar-refractivity contribution in [2.24, 2.45) is 23.5 Å². The molecule has 2 atom stereocenters. The van der Waals surface area contributed by atoms with Gasteiger partial charge in [0.1, 0.15) is 0 Å². The Labute approximate surface area is 135 Å². The van der Waals surface area contributed by atoms with Crippen molar-refractivity contribution in [1.82, 2.24) is 9.80 Å². The molecule has 128 valence electrons. The maximum atomic E-state index is 12.9. The highest BCUT2D eigenvalue weighted by Gasteiger charge is 2.35. The van der Waals surface area contributed by atoms with Crippen LogP contribution in [0.5, 0.6) is 0 Å². The largest absolute Gasteiger partial charge is 0.369 e. The standard InChI is InChI=1S/C17H33N3O2/c1-5-7-14(16(18)21)15(12-13(3)4)17(22)20-10-8-19(6-2)9-11-20/h13-15H,5-12H2,1-4H3,(H2,18,21)/t14-,15+/m0/s1. The molecule has 0 aromatic carbocycles. The van der Waals surface area contributed by atoms with Gasteiger partial charge in [0.2, 0.25) is 11.8 Å². The molecule has 5 heteroatoms. The number of rotatable bonds is 8. The maximum absolute atomic E-state index is 12.9. The van der Waals surface area contributed by atoms with Crippen LogP contribution in [-0.2, 0) is 9.59 Å². The van der Waals surface area contributed by atoms with Gasteiger partial charge in [-0.05, 0) is 25.3 Å². The molecule has 0 aromatic rings. The van der Waals surface area contributed by atoms with Gasteiger partial charge in [0.25, 0.3) is 0 Å². The van der Waals surface area contributed by atoms with Crippen LogP contribution in [0.3, 0.4) is 0 Å². The zero-order valence-electron chi connectivity index (χ0n) is 14.7. The van der Waals surface area contributed by atoms with E-state index in [0.29, 0.717) is 12.3 Å². The lowest BCUT2D eigenvalue weighted by Crippen LogP contribution is -2.52. The molecule has 2 N–H and O–H groups in total. The van der Waals surface area contributed by atoms with E-state index in [9.17, 15) is 9.59 Å². The number of primary amides is 1. The molecule has 5 nitrogen and oxygen atoms in total.